The molecule has 2 aromatic carbocycles. The molecule has 0 aliphatic rings. The van der Waals surface area contributed by atoms with Crippen LogP contribution in [0.1, 0.15) is 29.9 Å². The smallest absolute Gasteiger partial charge is 0.272 e. The molecule has 0 unspecified atom stereocenters. The lowest BCUT2D eigenvalue weighted by Crippen LogP contribution is -2.27. The van der Waals surface area contributed by atoms with E-state index in [0.717, 1.165) is 30.0 Å². The molecule has 0 aliphatic heterocycles. The van der Waals surface area contributed by atoms with Crippen LogP contribution < -0.4 is 10.2 Å². The summed E-state index contributed by atoms with van der Waals surface area (Å²) in [6.45, 7) is 6.82. The molecule has 0 spiro atoms. The highest BCUT2D eigenvalue weighted by Gasteiger charge is 2.14. The van der Waals surface area contributed by atoms with Gasteiger partial charge in [0.25, 0.3) is 5.91 Å². The molecule has 0 saturated carbocycles. The summed E-state index contributed by atoms with van der Waals surface area (Å²) in [4.78, 5) is 21.0. The summed E-state index contributed by atoms with van der Waals surface area (Å²) in [6.07, 6.45) is 1.66. The Labute approximate surface area is 173 Å². The van der Waals surface area contributed by atoms with Gasteiger partial charge in [-0.1, -0.05) is 30.3 Å². The Bertz CT molecular complexity index is 921. The molecule has 0 atom stereocenters. The summed E-state index contributed by atoms with van der Waals surface area (Å²) < 4.78 is 0. The molecule has 29 heavy (non-hydrogen) atoms. The number of aromatic nitrogens is 1. The highest BCUT2D eigenvalue weighted by molar-refractivity contribution is 5.93. The Morgan fingerprint density at radius 1 is 0.931 bits per heavy atom. The fraction of sp³-hybridized carbons (Fsp3) is 0.250. The van der Waals surface area contributed by atoms with Crippen LogP contribution in [0.5, 0.6) is 0 Å². The van der Waals surface area contributed by atoms with Gasteiger partial charge >= 0.3 is 0 Å². The fourth-order valence-corrected chi connectivity index (χ4v) is 3.26. The Morgan fingerprint density at radius 2 is 1.62 bits per heavy atom. The van der Waals surface area contributed by atoms with Crippen molar-refractivity contribution in [1.82, 2.24) is 9.88 Å². The van der Waals surface area contributed by atoms with Gasteiger partial charge in [0.15, 0.2) is 0 Å². The third-order valence-corrected chi connectivity index (χ3v) is 4.87. The quantitative estimate of drug-likeness (QED) is 0.594. The molecular formula is C24H28N4O. The number of pyridine rings is 1. The first-order valence-electron chi connectivity index (χ1n) is 9.98. The number of nitrogens with zero attached hydrogens (tertiary/aromatic N) is 3. The number of nitrogens with one attached hydrogen (secondary N) is 1. The third-order valence-electron chi connectivity index (χ3n) is 4.87. The summed E-state index contributed by atoms with van der Waals surface area (Å²) in [5.74, 6) is -0.102. The van der Waals surface area contributed by atoms with Crippen LogP contribution >= 0.6 is 0 Å². The summed E-state index contributed by atoms with van der Waals surface area (Å²) in [5.41, 5.74) is 4.53. The van der Waals surface area contributed by atoms with Crippen molar-refractivity contribution in [2.75, 3.05) is 30.4 Å². The van der Waals surface area contributed by atoms with Crippen LogP contribution in [-0.2, 0) is 6.54 Å². The second-order valence-corrected chi connectivity index (χ2v) is 6.92. The van der Waals surface area contributed by atoms with Crippen molar-refractivity contribution in [3.05, 3.63) is 84.2 Å². The molecule has 1 aromatic heterocycles. The molecule has 0 radical (unpaired) electrons. The average Bonchev–Trinajstić information content (AvgIpc) is 2.76. The van der Waals surface area contributed by atoms with Gasteiger partial charge in [0.05, 0.1) is 0 Å². The minimum Gasteiger partial charge on any atom is -0.372 e. The van der Waals surface area contributed by atoms with Gasteiger partial charge in [0.1, 0.15) is 5.69 Å². The average molecular weight is 389 g/mol. The van der Waals surface area contributed by atoms with Crippen LogP contribution in [0, 0.1) is 0 Å². The standard InChI is InChI=1S/C24H28N4O/c1-4-28(5-2)22-13-11-20(12-14-22)26-21-15-16-25-23(17-21)24(29)27(3)18-19-9-7-6-8-10-19/h6-17H,4-5,18H2,1-3H3,(H,25,26). The van der Waals surface area contributed by atoms with E-state index in [1.807, 2.05) is 36.4 Å². The van der Waals surface area contributed by atoms with Gasteiger partial charge in [-0.2, -0.15) is 0 Å². The minimum atomic E-state index is -0.102. The van der Waals surface area contributed by atoms with Gasteiger partial charge in [-0.3, -0.25) is 9.78 Å². The van der Waals surface area contributed by atoms with Gasteiger partial charge in [-0.25, -0.2) is 0 Å². The highest BCUT2D eigenvalue weighted by atomic mass is 16.2. The lowest BCUT2D eigenvalue weighted by Gasteiger charge is -2.21. The maximum absolute atomic E-state index is 12.8. The molecule has 1 heterocycles. The van der Waals surface area contributed by atoms with Crippen molar-refractivity contribution in [3.8, 4) is 0 Å². The molecule has 3 aromatic rings. The maximum Gasteiger partial charge on any atom is 0.272 e. The highest BCUT2D eigenvalue weighted by Crippen LogP contribution is 2.21. The summed E-state index contributed by atoms with van der Waals surface area (Å²) in [5, 5.41) is 3.36. The van der Waals surface area contributed by atoms with E-state index in [1.54, 1.807) is 24.2 Å². The molecule has 0 fully saturated rings. The minimum absolute atomic E-state index is 0.102. The second-order valence-electron chi connectivity index (χ2n) is 6.92. The normalized spacial score (nSPS) is 10.4. The van der Waals surface area contributed by atoms with Crippen molar-refractivity contribution in [2.45, 2.75) is 20.4 Å². The van der Waals surface area contributed by atoms with E-state index in [0.29, 0.717) is 12.2 Å². The molecule has 0 aliphatic carbocycles. The monoisotopic (exact) mass is 388 g/mol. The van der Waals surface area contributed by atoms with E-state index in [-0.39, 0.29) is 5.91 Å². The van der Waals surface area contributed by atoms with Crippen molar-refractivity contribution >= 4 is 23.0 Å². The van der Waals surface area contributed by atoms with E-state index in [4.69, 9.17) is 0 Å². The first-order valence-corrected chi connectivity index (χ1v) is 9.98. The van der Waals surface area contributed by atoms with Gasteiger partial charge in [-0.05, 0) is 55.8 Å². The number of hydrogen-bond donors (Lipinski definition) is 1. The number of rotatable bonds is 8. The number of anilines is 3. The van der Waals surface area contributed by atoms with Crippen LogP contribution in [0.15, 0.2) is 72.9 Å². The van der Waals surface area contributed by atoms with Crippen LogP contribution in [0.2, 0.25) is 0 Å². The van der Waals surface area contributed by atoms with Crippen LogP contribution in [0.3, 0.4) is 0 Å². The van der Waals surface area contributed by atoms with Crippen molar-refractivity contribution in [1.29, 1.82) is 0 Å². The summed E-state index contributed by atoms with van der Waals surface area (Å²) in [7, 11) is 1.79. The fourth-order valence-electron chi connectivity index (χ4n) is 3.26. The van der Waals surface area contributed by atoms with Crippen molar-refractivity contribution in [3.63, 3.8) is 0 Å². The van der Waals surface area contributed by atoms with Crippen LogP contribution in [0.4, 0.5) is 17.1 Å². The zero-order valence-electron chi connectivity index (χ0n) is 17.3. The Balaban J connectivity index is 1.68. The molecule has 1 N–H and O–H groups in total. The van der Waals surface area contributed by atoms with E-state index in [1.165, 1.54) is 5.69 Å². The lowest BCUT2D eigenvalue weighted by atomic mass is 10.2. The molecule has 3 rings (SSSR count). The molecule has 0 bridgehead atoms. The topological polar surface area (TPSA) is 48.5 Å². The third kappa shape index (κ3) is 5.35. The number of carbonyl (C=O) groups excluding carboxylic acids is 1. The van der Waals surface area contributed by atoms with Gasteiger partial charge < -0.3 is 15.1 Å². The number of amides is 1. The summed E-state index contributed by atoms with van der Waals surface area (Å²) in [6, 6.07) is 21.9. The Morgan fingerprint density at radius 3 is 2.28 bits per heavy atom. The predicted molar refractivity (Wildman–Crippen MR) is 120 cm³/mol. The first-order chi connectivity index (χ1) is 14.1. The zero-order valence-corrected chi connectivity index (χ0v) is 17.3. The van der Waals surface area contributed by atoms with E-state index >= 15 is 0 Å². The number of carbonyl (C=O) groups is 1. The molecule has 1 amide bonds. The zero-order chi connectivity index (χ0) is 20.6. The van der Waals surface area contributed by atoms with Crippen LogP contribution in [-0.4, -0.2) is 35.9 Å². The lowest BCUT2D eigenvalue weighted by molar-refractivity contribution is 0.0779. The van der Waals surface area contributed by atoms with Crippen LogP contribution in [0.25, 0.3) is 0 Å². The maximum atomic E-state index is 12.8. The number of benzene rings is 2. The van der Waals surface area contributed by atoms with Crippen molar-refractivity contribution < 1.29 is 4.79 Å². The van der Waals surface area contributed by atoms with E-state index < -0.39 is 0 Å². The molecule has 5 nitrogen and oxygen atoms in total. The van der Waals surface area contributed by atoms with Crippen molar-refractivity contribution in [2.24, 2.45) is 0 Å². The van der Waals surface area contributed by atoms with Gasteiger partial charge in [0, 0.05) is 49.9 Å². The molecule has 150 valence electrons. The Hall–Kier alpha value is -3.34. The Kier molecular flexibility index (Phi) is 6.85. The second kappa shape index (κ2) is 9.73. The van der Waals surface area contributed by atoms with Gasteiger partial charge in [0.2, 0.25) is 0 Å². The predicted octanol–water partition coefficient (Wildman–Crippen LogP) is 4.94. The first kappa shape index (κ1) is 20.4. The van der Waals surface area contributed by atoms with Gasteiger partial charge in [-0.15, -0.1) is 0 Å². The molecule has 0 saturated heterocycles. The van der Waals surface area contributed by atoms with E-state index in [9.17, 15) is 4.79 Å². The number of hydrogen-bond acceptors (Lipinski definition) is 4. The van der Waals surface area contributed by atoms with E-state index in [2.05, 4.69) is 53.3 Å². The molecule has 5 heteroatoms. The summed E-state index contributed by atoms with van der Waals surface area (Å²) >= 11 is 0. The SMILES string of the molecule is CCN(CC)c1ccc(Nc2ccnc(C(=O)N(C)Cc3ccccc3)c2)cc1. The molecular weight excluding hydrogens is 360 g/mol. The largest absolute Gasteiger partial charge is 0.372 e.